The minimum absolute atomic E-state index is 0.180. The van der Waals surface area contributed by atoms with Crippen molar-refractivity contribution in [3.05, 3.63) is 59.2 Å². The van der Waals surface area contributed by atoms with Gasteiger partial charge in [0, 0.05) is 5.69 Å². The largest absolute Gasteiger partial charge is 0.374 e. The van der Waals surface area contributed by atoms with Crippen molar-refractivity contribution in [2.45, 2.75) is 26.8 Å². The predicted molar refractivity (Wildman–Crippen MR) is 88.8 cm³/mol. The van der Waals surface area contributed by atoms with E-state index in [-0.39, 0.29) is 5.91 Å². The van der Waals surface area contributed by atoms with Gasteiger partial charge in [-0.05, 0) is 56.2 Å². The van der Waals surface area contributed by atoms with Crippen LogP contribution in [-0.2, 0) is 4.79 Å². The molecule has 4 nitrogen and oxygen atoms in total. The summed E-state index contributed by atoms with van der Waals surface area (Å²) in [7, 11) is 0. The monoisotopic (exact) mass is 293 g/mol. The van der Waals surface area contributed by atoms with Gasteiger partial charge in [-0.1, -0.05) is 18.2 Å². The van der Waals surface area contributed by atoms with Crippen LogP contribution in [0.15, 0.2) is 42.5 Å². The van der Waals surface area contributed by atoms with Crippen molar-refractivity contribution in [2.75, 3.05) is 10.6 Å². The van der Waals surface area contributed by atoms with Gasteiger partial charge in [0.05, 0.1) is 11.3 Å². The molecule has 0 saturated heterocycles. The highest BCUT2D eigenvalue weighted by molar-refractivity contribution is 5.97. The van der Waals surface area contributed by atoms with E-state index in [0.717, 1.165) is 5.69 Å². The van der Waals surface area contributed by atoms with Crippen LogP contribution in [0.2, 0.25) is 0 Å². The lowest BCUT2D eigenvalue weighted by molar-refractivity contribution is -0.116. The van der Waals surface area contributed by atoms with Gasteiger partial charge in [-0.3, -0.25) is 4.79 Å². The molecular formula is C18H19N3O. The molecule has 0 aliphatic carbocycles. The fraction of sp³-hybridized carbons (Fsp3) is 0.222. The Labute approximate surface area is 130 Å². The third kappa shape index (κ3) is 3.64. The summed E-state index contributed by atoms with van der Waals surface area (Å²) in [4.78, 5) is 12.3. The van der Waals surface area contributed by atoms with Crippen LogP contribution in [-0.4, -0.2) is 11.9 Å². The second-order valence-electron chi connectivity index (χ2n) is 5.31. The molecular weight excluding hydrogens is 274 g/mol. The number of rotatable bonds is 4. The van der Waals surface area contributed by atoms with Crippen molar-refractivity contribution in [3.63, 3.8) is 0 Å². The molecule has 2 N–H and O–H groups in total. The van der Waals surface area contributed by atoms with Gasteiger partial charge in [-0.2, -0.15) is 5.26 Å². The first-order valence-electron chi connectivity index (χ1n) is 7.15. The first-order valence-corrected chi connectivity index (χ1v) is 7.15. The Hall–Kier alpha value is -2.80. The highest BCUT2D eigenvalue weighted by atomic mass is 16.2. The smallest absolute Gasteiger partial charge is 0.246 e. The SMILES string of the molecule is Cc1ccc(N[C@H](C)C(=O)Nc2ccccc2C#N)cc1C. The van der Waals surface area contributed by atoms with Crippen molar-refractivity contribution >= 4 is 17.3 Å². The molecule has 0 aromatic heterocycles. The van der Waals surface area contributed by atoms with Gasteiger partial charge in [0.25, 0.3) is 0 Å². The number of carbonyl (C=O) groups excluding carboxylic acids is 1. The highest BCUT2D eigenvalue weighted by Crippen LogP contribution is 2.17. The Kier molecular flexibility index (Phi) is 4.80. The molecule has 0 aliphatic rings. The summed E-state index contributed by atoms with van der Waals surface area (Å²) in [5.41, 5.74) is 4.27. The zero-order valence-corrected chi connectivity index (χ0v) is 13.0. The van der Waals surface area contributed by atoms with Crippen molar-refractivity contribution in [1.82, 2.24) is 0 Å². The van der Waals surface area contributed by atoms with E-state index in [1.807, 2.05) is 32.0 Å². The van der Waals surface area contributed by atoms with Crippen molar-refractivity contribution in [1.29, 1.82) is 5.26 Å². The molecule has 0 saturated carbocycles. The number of nitrogens with zero attached hydrogens (tertiary/aromatic N) is 1. The third-order valence-corrected chi connectivity index (χ3v) is 3.59. The lowest BCUT2D eigenvalue weighted by Crippen LogP contribution is -2.32. The van der Waals surface area contributed by atoms with E-state index in [9.17, 15) is 4.79 Å². The summed E-state index contributed by atoms with van der Waals surface area (Å²) in [5.74, 6) is -0.180. The number of hydrogen-bond donors (Lipinski definition) is 2. The average molecular weight is 293 g/mol. The molecule has 0 aliphatic heterocycles. The van der Waals surface area contributed by atoms with Crippen LogP contribution < -0.4 is 10.6 Å². The summed E-state index contributed by atoms with van der Waals surface area (Å²) < 4.78 is 0. The van der Waals surface area contributed by atoms with E-state index < -0.39 is 6.04 Å². The molecule has 0 radical (unpaired) electrons. The summed E-state index contributed by atoms with van der Waals surface area (Å²) in [6, 6.07) is 14.6. The lowest BCUT2D eigenvalue weighted by atomic mass is 10.1. The number of amides is 1. The van der Waals surface area contributed by atoms with E-state index in [1.165, 1.54) is 11.1 Å². The molecule has 2 rings (SSSR count). The van der Waals surface area contributed by atoms with Gasteiger partial charge in [-0.15, -0.1) is 0 Å². The molecule has 0 bridgehead atoms. The molecule has 0 heterocycles. The molecule has 1 amide bonds. The zero-order valence-electron chi connectivity index (χ0n) is 13.0. The summed E-state index contributed by atoms with van der Waals surface area (Å²) in [5, 5.41) is 15.0. The zero-order chi connectivity index (χ0) is 16.1. The number of nitriles is 1. The van der Waals surface area contributed by atoms with Crippen molar-refractivity contribution < 1.29 is 4.79 Å². The van der Waals surface area contributed by atoms with E-state index in [4.69, 9.17) is 5.26 Å². The normalized spacial score (nSPS) is 11.4. The number of para-hydroxylation sites is 1. The first-order chi connectivity index (χ1) is 10.5. The molecule has 0 fully saturated rings. The van der Waals surface area contributed by atoms with Crippen LogP contribution in [0.3, 0.4) is 0 Å². The molecule has 112 valence electrons. The third-order valence-electron chi connectivity index (χ3n) is 3.59. The Bertz CT molecular complexity index is 731. The Morgan fingerprint density at radius 2 is 1.86 bits per heavy atom. The number of carbonyl (C=O) groups is 1. The molecule has 0 spiro atoms. The molecule has 22 heavy (non-hydrogen) atoms. The van der Waals surface area contributed by atoms with Gasteiger partial charge in [-0.25, -0.2) is 0 Å². The van der Waals surface area contributed by atoms with Crippen molar-refractivity contribution in [3.8, 4) is 6.07 Å². The van der Waals surface area contributed by atoms with Gasteiger partial charge in [0.15, 0.2) is 0 Å². The number of benzene rings is 2. The van der Waals surface area contributed by atoms with Crippen LogP contribution in [0, 0.1) is 25.2 Å². The van der Waals surface area contributed by atoms with E-state index >= 15 is 0 Å². The van der Waals surface area contributed by atoms with Gasteiger partial charge < -0.3 is 10.6 Å². The number of nitrogens with one attached hydrogen (secondary N) is 2. The molecule has 1 atom stereocenters. The number of aryl methyl sites for hydroxylation is 2. The Balaban J connectivity index is 2.06. The highest BCUT2D eigenvalue weighted by Gasteiger charge is 2.14. The fourth-order valence-electron chi connectivity index (χ4n) is 2.08. The van der Waals surface area contributed by atoms with Crippen LogP contribution >= 0.6 is 0 Å². The molecule has 4 heteroatoms. The van der Waals surface area contributed by atoms with Crippen LogP contribution in [0.25, 0.3) is 0 Å². The Morgan fingerprint density at radius 1 is 1.14 bits per heavy atom. The molecule has 2 aromatic carbocycles. The minimum Gasteiger partial charge on any atom is -0.374 e. The van der Waals surface area contributed by atoms with E-state index in [1.54, 1.807) is 31.2 Å². The first kappa shape index (κ1) is 15.6. The average Bonchev–Trinajstić information content (AvgIpc) is 2.51. The second-order valence-corrected chi connectivity index (χ2v) is 5.31. The van der Waals surface area contributed by atoms with Crippen molar-refractivity contribution in [2.24, 2.45) is 0 Å². The maximum Gasteiger partial charge on any atom is 0.246 e. The fourth-order valence-corrected chi connectivity index (χ4v) is 2.08. The standard InChI is InChI=1S/C18H19N3O/c1-12-8-9-16(10-13(12)2)20-14(3)18(22)21-17-7-5-4-6-15(17)11-19/h4-10,14,20H,1-3H3,(H,21,22)/t14-/m1/s1. The Morgan fingerprint density at radius 3 is 2.55 bits per heavy atom. The number of anilines is 2. The number of hydrogen-bond acceptors (Lipinski definition) is 3. The summed E-state index contributed by atoms with van der Waals surface area (Å²) in [6.07, 6.45) is 0. The quantitative estimate of drug-likeness (QED) is 0.905. The van der Waals surface area contributed by atoms with Crippen LogP contribution in [0.4, 0.5) is 11.4 Å². The van der Waals surface area contributed by atoms with E-state index in [0.29, 0.717) is 11.3 Å². The minimum atomic E-state index is -0.408. The topological polar surface area (TPSA) is 64.9 Å². The molecule has 0 unspecified atom stereocenters. The maximum atomic E-state index is 12.3. The lowest BCUT2D eigenvalue weighted by Gasteiger charge is -2.16. The maximum absolute atomic E-state index is 12.3. The van der Waals surface area contributed by atoms with Crippen LogP contribution in [0.5, 0.6) is 0 Å². The van der Waals surface area contributed by atoms with E-state index in [2.05, 4.69) is 16.7 Å². The van der Waals surface area contributed by atoms with Gasteiger partial charge in [0.1, 0.15) is 12.1 Å². The molecule has 2 aromatic rings. The summed E-state index contributed by atoms with van der Waals surface area (Å²) in [6.45, 7) is 5.88. The second kappa shape index (κ2) is 6.77. The predicted octanol–water partition coefficient (Wildman–Crippen LogP) is 3.61. The van der Waals surface area contributed by atoms with Gasteiger partial charge >= 0.3 is 0 Å². The van der Waals surface area contributed by atoms with Crippen LogP contribution in [0.1, 0.15) is 23.6 Å². The summed E-state index contributed by atoms with van der Waals surface area (Å²) >= 11 is 0. The van der Waals surface area contributed by atoms with Gasteiger partial charge in [0.2, 0.25) is 5.91 Å².